The number of amides is 2. The molecule has 0 unspecified atom stereocenters. The van der Waals surface area contributed by atoms with E-state index in [9.17, 15) is 22.8 Å². The second-order valence-electron chi connectivity index (χ2n) is 4.80. The molecular weight excluding hydrogens is 389 g/mol. The molecule has 0 aliphatic carbocycles. The van der Waals surface area contributed by atoms with Crippen LogP contribution in [0.2, 0.25) is 0 Å². The third-order valence-electron chi connectivity index (χ3n) is 3.01. The van der Waals surface area contributed by atoms with Gasteiger partial charge in [-0.1, -0.05) is 34.1 Å². The first-order valence-corrected chi connectivity index (χ1v) is 7.86. The smallest absolute Gasteiger partial charge is 0.308 e. The summed E-state index contributed by atoms with van der Waals surface area (Å²) < 4.78 is 37.9. The number of anilines is 2. The van der Waals surface area contributed by atoms with Crippen LogP contribution in [0.3, 0.4) is 0 Å². The second kappa shape index (κ2) is 7.48. The van der Waals surface area contributed by atoms with Gasteiger partial charge in [-0.25, -0.2) is 4.79 Å². The lowest BCUT2D eigenvalue weighted by atomic mass is 10.1. The molecule has 0 saturated heterocycles. The van der Waals surface area contributed by atoms with E-state index < -0.39 is 17.8 Å². The number of rotatable bonds is 4. The van der Waals surface area contributed by atoms with Gasteiger partial charge in [0.1, 0.15) is 0 Å². The molecule has 24 heavy (non-hydrogen) atoms. The summed E-state index contributed by atoms with van der Waals surface area (Å²) in [4.78, 5) is 23.5. The molecule has 8 heteroatoms. The van der Waals surface area contributed by atoms with E-state index in [1.807, 2.05) is 0 Å². The maximum atomic E-state index is 12.6. The molecule has 0 aromatic heterocycles. The van der Waals surface area contributed by atoms with Crippen molar-refractivity contribution >= 4 is 39.1 Å². The van der Waals surface area contributed by atoms with E-state index in [1.165, 1.54) is 18.2 Å². The minimum Gasteiger partial charge on any atom is -0.308 e. The average Bonchev–Trinajstić information content (AvgIpc) is 2.53. The zero-order valence-corrected chi connectivity index (χ0v) is 13.7. The summed E-state index contributed by atoms with van der Waals surface area (Å²) in [6.07, 6.45) is -4.49. The maximum Gasteiger partial charge on any atom is 0.416 e. The maximum absolute atomic E-state index is 12.6. The summed E-state index contributed by atoms with van der Waals surface area (Å²) in [5.74, 6) is -0.156. The summed E-state index contributed by atoms with van der Waals surface area (Å²) in [6, 6.07) is 9.83. The number of nitrogens with one attached hydrogen (secondary N) is 2. The SMILES string of the molecule is O=C(Nc1cccc(C(=O)CBr)c1)Nc1cccc(C(F)(F)F)c1. The van der Waals surface area contributed by atoms with Crippen molar-refractivity contribution in [2.24, 2.45) is 0 Å². The molecule has 0 heterocycles. The van der Waals surface area contributed by atoms with E-state index >= 15 is 0 Å². The standard InChI is InChI=1S/C16H12BrF3N2O2/c17-9-14(23)10-3-1-5-12(7-10)21-15(24)22-13-6-2-4-11(8-13)16(18,19)20/h1-8H,9H2,(H2,21,22,24). The third kappa shape index (κ3) is 4.82. The Hall–Kier alpha value is -2.35. The number of Topliss-reactive ketones (excluding diaryl/α,β-unsaturated/α-hetero) is 1. The van der Waals surface area contributed by atoms with Crippen molar-refractivity contribution in [1.29, 1.82) is 0 Å². The number of ketones is 1. The summed E-state index contributed by atoms with van der Waals surface area (Å²) >= 11 is 3.05. The number of carbonyl (C=O) groups is 2. The lowest BCUT2D eigenvalue weighted by Gasteiger charge is -2.11. The van der Waals surface area contributed by atoms with E-state index in [2.05, 4.69) is 26.6 Å². The highest BCUT2D eigenvalue weighted by molar-refractivity contribution is 9.09. The molecule has 0 aliphatic heterocycles. The van der Waals surface area contributed by atoms with E-state index in [1.54, 1.807) is 18.2 Å². The molecule has 0 fully saturated rings. The molecule has 4 nitrogen and oxygen atoms in total. The van der Waals surface area contributed by atoms with Gasteiger partial charge in [0.2, 0.25) is 0 Å². The number of benzene rings is 2. The Balaban J connectivity index is 2.08. The number of alkyl halides is 4. The first-order chi connectivity index (χ1) is 11.3. The quantitative estimate of drug-likeness (QED) is 0.564. The fourth-order valence-electron chi connectivity index (χ4n) is 1.91. The molecule has 0 radical (unpaired) electrons. The Bertz CT molecular complexity index is 763. The number of halogens is 4. The van der Waals surface area contributed by atoms with Crippen molar-refractivity contribution in [3.8, 4) is 0 Å². The van der Waals surface area contributed by atoms with Crippen molar-refractivity contribution < 1.29 is 22.8 Å². The fraction of sp³-hybridized carbons (Fsp3) is 0.125. The van der Waals surface area contributed by atoms with Gasteiger partial charge in [0.15, 0.2) is 5.78 Å². The lowest BCUT2D eigenvalue weighted by Crippen LogP contribution is -2.20. The van der Waals surface area contributed by atoms with Crippen molar-refractivity contribution in [3.05, 3.63) is 59.7 Å². The average molecular weight is 401 g/mol. The van der Waals surface area contributed by atoms with Crippen LogP contribution >= 0.6 is 15.9 Å². The van der Waals surface area contributed by atoms with Gasteiger partial charge in [0, 0.05) is 16.9 Å². The second-order valence-corrected chi connectivity index (χ2v) is 5.36. The van der Waals surface area contributed by atoms with E-state index in [4.69, 9.17) is 0 Å². The van der Waals surface area contributed by atoms with Crippen LogP contribution in [0.4, 0.5) is 29.3 Å². The van der Waals surface area contributed by atoms with Crippen molar-refractivity contribution in [2.75, 3.05) is 16.0 Å². The minimum atomic E-state index is -4.49. The minimum absolute atomic E-state index is 0.00927. The number of carbonyl (C=O) groups excluding carboxylic acids is 2. The van der Waals surface area contributed by atoms with Gasteiger partial charge in [-0.2, -0.15) is 13.2 Å². The Morgan fingerprint density at radius 2 is 1.54 bits per heavy atom. The van der Waals surface area contributed by atoms with Gasteiger partial charge in [0.05, 0.1) is 10.9 Å². The van der Waals surface area contributed by atoms with Crippen LogP contribution in [0.5, 0.6) is 0 Å². The first-order valence-electron chi connectivity index (χ1n) is 6.74. The highest BCUT2D eigenvalue weighted by atomic mass is 79.9. The molecular formula is C16H12BrF3N2O2. The van der Waals surface area contributed by atoms with Crippen LogP contribution in [-0.4, -0.2) is 17.1 Å². The Kier molecular flexibility index (Phi) is 5.61. The molecule has 2 amide bonds. The van der Waals surface area contributed by atoms with Gasteiger partial charge in [-0.05, 0) is 30.3 Å². The molecule has 0 spiro atoms. The Morgan fingerprint density at radius 1 is 0.958 bits per heavy atom. The van der Waals surface area contributed by atoms with Crippen LogP contribution in [0.1, 0.15) is 15.9 Å². The zero-order valence-electron chi connectivity index (χ0n) is 12.2. The number of urea groups is 1. The van der Waals surface area contributed by atoms with Crippen LogP contribution in [0, 0.1) is 0 Å². The molecule has 0 bridgehead atoms. The van der Waals surface area contributed by atoms with E-state index in [-0.39, 0.29) is 16.8 Å². The van der Waals surface area contributed by atoms with Crippen LogP contribution in [0.25, 0.3) is 0 Å². The van der Waals surface area contributed by atoms with Gasteiger partial charge in [-0.15, -0.1) is 0 Å². The topological polar surface area (TPSA) is 58.2 Å². The summed E-state index contributed by atoms with van der Waals surface area (Å²) in [6.45, 7) is 0. The highest BCUT2D eigenvalue weighted by Gasteiger charge is 2.30. The molecule has 0 saturated carbocycles. The monoisotopic (exact) mass is 400 g/mol. The fourth-order valence-corrected chi connectivity index (χ4v) is 2.24. The summed E-state index contributed by atoms with van der Waals surface area (Å²) in [5, 5.41) is 4.94. The molecule has 2 rings (SSSR count). The molecule has 2 N–H and O–H groups in total. The number of hydrogen-bond donors (Lipinski definition) is 2. The van der Waals surface area contributed by atoms with E-state index in [0.717, 1.165) is 12.1 Å². The zero-order chi connectivity index (χ0) is 17.7. The van der Waals surface area contributed by atoms with Gasteiger partial charge in [0.25, 0.3) is 0 Å². The molecule has 2 aromatic rings. The summed E-state index contributed by atoms with van der Waals surface area (Å²) in [7, 11) is 0. The number of hydrogen-bond acceptors (Lipinski definition) is 2. The Labute approximate surface area is 144 Å². The van der Waals surface area contributed by atoms with E-state index in [0.29, 0.717) is 11.3 Å². The third-order valence-corrected chi connectivity index (χ3v) is 3.52. The van der Waals surface area contributed by atoms with Crippen molar-refractivity contribution in [1.82, 2.24) is 0 Å². The molecule has 126 valence electrons. The predicted octanol–water partition coefficient (Wildman–Crippen LogP) is 4.93. The van der Waals surface area contributed by atoms with Crippen LogP contribution in [-0.2, 0) is 6.18 Å². The first kappa shape index (κ1) is 18.0. The van der Waals surface area contributed by atoms with Crippen molar-refractivity contribution in [2.45, 2.75) is 6.18 Å². The van der Waals surface area contributed by atoms with Crippen LogP contribution < -0.4 is 10.6 Å². The Morgan fingerprint density at radius 3 is 2.12 bits per heavy atom. The van der Waals surface area contributed by atoms with Crippen molar-refractivity contribution in [3.63, 3.8) is 0 Å². The normalized spacial score (nSPS) is 11.0. The molecule has 0 aliphatic rings. The predicted molar refractivity (Wildman–Crippen MR) is 88.7 cm³/mol. The largest absolute Gasteiger partial charge is 0.416 e. The van der Waals surface area contributed by atoms with Crippen LogP contribution in [0.15, 0.2) is 48.5 Å². The summed E-state index contributed by atoms with van der Waals surface area (Å²) in [5.41, 5.74) is -0.0877. The molecule has 0 atom stereocenters. The van der Waals surface area contributed by atoms with Gasteiger partial charge >= 0.3 is 12.2 Å². The highest BCUT2D eigenvalue weighted by Crippen LogP contribution is 2.30. The lowest BCUT2D eigenvalue weighted by molar-refractivity contribution is -0.137. The van der Waals surface area contributed by atoms with Gasteiger partial charge in [-0.3, -0.25) is 4.79 Å². The molecule has 2 aromatic carbocycles. The van der Waals surface area contributed by atoms with Gasteiger partial charge < -0.3 is 10.6 Å².